The van der Waals surface area contributed by atoms with Crippen LogP contribution in [0.5, 0.6) is 0 Å². The SMILES string of the molecule is NC(=O)OCCNCC(O)c1ccc2ccccc2c1. The molecule has 1 amide bonds. The van der Waals surface area contributed by atoms with Gasteiger partial charge >= 0.3 is 6.09 Å². The Bertz CT molecular complexity index is 586. The number of aliphatic hydroxyl groups is 1. The molecule has 2 rings (SSSR count). The summed E-state index contributed by atoms with van der Waals surface area (Å²) in [5.41, 5.74) is 5.69. The minimum Gasteiger partial charge on any atom is -0.448 e. The highest BCUT2D eigenvalue weighted by Gasteiger charge is 2.07. The van der Waals surface area contributed by atoms with Gasteiger partial charge in [0.2, 0.25) is 0 Å². The minimum atomic E-state index is -0.790. The number of hydrogen-bond donors (Lipinski definition) is 3. The first-order valence-electron chi connectivity index (χ1n) is 6.46. The van der Waals surface area contributed by atoms with Crippen LogP contribution in [0.25, 0.3) is 10.8 Å². The van der Waals surface area contributed by atoms with Gasteiger partial charge in [0.05, 0.1) is 6.10 Å². The van der Waals surface area contributed by atoms with Gasteiger partial charge in [0, 0.05) is 13.1 Å². The van der Waals surface area contributed by atoms with Crippen molar-refractivity contribution in [3.8, 4) is 0 Å². The van der Waals surface area contributed by atoms with Crippen molar-refractivity contribution >= 4 is 16.9 Å². The molecule has 0 heterocycles. The van der Waals surface area contributed by atoms with Crippen molar-refractivity contribution in [2.75, 3.05) is 19.7 Å². The molecular weight excluding hydrogens is 256 g/mol. The van der Waals surface area contributed by atoms with E-state index < -0.39 is 12.2 Å². The molecule has 0 aliphatic rings. The van der Waals surface area contributed by atoms with Crippen LogP contribution in [-0.4, -0.2) is 30.9 Å². The molecule has 5 heteroatoms. The van der Waals surface area contributed by atoms with Gasteiger partial charge in [-0.2, -0.15) is 0 Å². The molecule has 1 unspecified atom stereocenters. The molecule has 1 atom stereocenters. The molecule has 106 valence electrons. The third-order valence-electron chi connectivity index (χ3n) is 3.02. The van der Waals surface area contributed by atoms with Crippen LogP contribution in [0.2, 0.25) is 0 Å². The van der Waals surface area contributed by atoms with Gasteiger partial charge in [-0.25, -0.2) is 4.79 Å². The molecule has 0 aliphatic heterocycles. The molecule has 0 fully saturated rings. The van der Waals surface area contributed by atoms with Crippen LogP contribution in [0.3, 0.4) is 0 Å². The van der Waals surface area contributed by atoms with E-state index in [2.05, 4.69) is 10.1 Å². The molecular formula is C15H18N2O3. The van der Waals surface area contributed by atoms with Gasteiger partial charge in [0.25, 0.3) is 0 Å². The zero-order valence-corrected chi connectivity index (χ0v) is 11.1. The fourth-order valence-electron chi connectivity index (χ4n) is 2.00. The molecule has 4 N–H and O–H groups in total. The molecule has 0 aromatic heterocycles. The summed E-state index contributed by atoms with van der Waals surface area (Å²) in [6.07, 6.45) is -1.39. The Hall–Kier alpha value is -2.11. The first-order chi connectivity index (χ1) is 9.66. The number of nitrogens with one attached hydrogen (secondary N) is 1. The molecule has 0 bridgehead atoms. The van der Waals surface area contributed by atoms with Crippen LogP contribution in [0.4, 0.5) is 4.79 Å². The van der Waals surface area contributed by atoms with Crippen LogP contribution in [-0.2, 0) is 4.74 Å². The Morgan fingerprint density at radius 3 is 2.75 bits per heavy atom. The number of aliphatic hydroxyl groups excluding tert-OH is 1. The maximum atomic E-state index is 10.4. The number of amides is 1. The highest BCUT2D eigenvalue weighted by atomic mass is 16.5. The molecule has 0 radical (unpaired) electrons. The Kier molecular flexibility index (Phi) is 4.92. The van der Waals surface area contributed by atoms with Gasteiger partial charge < -0.3 is 20.9 Å². The van der Waals surface area contributed by atoms with E-state index in [1.54, 1.807) is 0 Å². The van der Waals surface area contributed by atoms with Crippen molar-refractivity contribution in [3.05, 3.63) is 48.0 Å². The highest BCUT2D eigenvalue weighted by molar-refractivity contribution is 5.83. The van der Waals surface area contributed by atoms with E-state index in [9.17, 15) is 9.90 Å². The van der Waals surface area contributed by atoms with Crippen LogP contribution in [0.15, 0.2) is 42.5 Å². The second-order valence-corrected chi connectivity index (χ2v) is 4.49. The molecule has 5 nitrogen and oxygen atoms in total. The quantitative estimate of drug-likeness (QED) is 0.698. The number of rotatable bonds is 6. The van der Waals surface area contributed by atoms with E-state index in [1.165, 1.54) is 0 Å². The maximum Gasteiger partial charge on any atom is 0.404 e. The van der Waals surface area contributed by atoms with Gasteiger partial charge in [0.1, 0.15) is 6.61 Å². The zero-order valence-electron chi connectivity index (χ0n) is 11.1. The smallest absolute Gasteiger partial charge is 0.404 e. The van der Waals surface area contributed by atoms with Crippen molar-refractivity contribution < 1.29 is 14.6 Å². The third kappa shape index (κ3) is 3.94. The normalized spacial score (nSPS) is 12.2. The Morgan fingerprint density at radius 1 is 1.25 bits per heavy atom. The lowest BCUT2D eigenvalue weighted by atomic mass is 10.0. The number of fused-ring (bicyclic) bond motifs is 1. The average Bonchev–Trinajstić information content (AvgIpc) is 2.46. The number of ether oxygens (including phenoxy) is 1. The second-order valence-electron chi connectivity index (χ2n) is 4.49. The lowest BCUT2D eigenvalue weighted by Crippen LogP contribution is -2.27. The lowest BCUT2D eigenvalue weighted by molar-refractivity contribution is 0.149. The summed E-state index contributed by atoms with van der Waals surface area (Å²) in [4.78, 5) is 10.4. The summed E-state index contributed by atoms with van der Waals surface area (Å²) in [6.45, 7) is 1.04. The predicted molar refractivity (Wildman–Crippen MR) is 77.3 cm³/mol. The van der Waals surface area contributed by atoms with E-state index in [0.29, 0.717) is 13.1 Å². The maximum absolute atomic E-state index is 10.4. The number of carbonyl (C=O) groups is 1. The molecule has 20 heavy (non-hydrogen) atoms. The summed E-state index contributed by atoms with van der Waals surface area (Å²) in [6, 6.07) is 13.9. The first kappa shape index (κ1) is 14.3. The average molecular weight is 274 g/mol. The van der Waals surface area contributed by atoms with Crippen molar-refractivity contribution in [2.45, 2.75) is 6.10 Å². The first-order valence-corrected chi connectivity index (χ1v) is 6.46. The van der Waals surface area contributed by atoms with Crippen molar-refractivity contribution in [1.82, 2.24) is 5.32 Å². The fraction of sp³-hybridized carbons (Fsp3) is 0.267. The van der Waals surface area contributed by atoms with E-state index in [0.717, 1.165) is 16.3 Å². The van der Waals surface area contributed by atoms with Crippen molar-refractivity contribution in [1.29, 1.82) is 0 Å². The molecule has 2 aromatic carbocycles. The second kappa shape index (κ2) is 6.88. The van der Waals surface area contributed by atoms with Gasteiger partial charge in [-0.15, -0.1) is 0 Å². The monoisotopic (exact) mass is 274 g/mol. The van der Waals surface area contributed by atoms with Gasteiger partial charge in [-0.1, -0.05) is 36.4 Å². The molecule has 0 aliphatic carbocycles. The van der Waals surface area contributed by atoms with Crippen LogP contribution in [0.1, 0.15) is 11.7 Å². The Labute approximate surface area is 117 Å². The number of nitrogens with two attached hydrogens (primary N) is 1. The van der Waals surface area contributed by atoms with E-state index in [4.69, 9.17) is 5.73 Å². The summed E-state index contributed by atoms with van der Waals surface area (Å²) < 4.78 is 4.58. The standard InChI is InChI=1S/C15H18N2O3/c16-15(19)20-8-7-17-10-14(18)13-6-5-11-3-1-2-4-12(11)9-13/h1-6,9,14,17-18H,7-8,10H2,(H2,16,19). The largest absolute Gasteiger partial charge is 0.448 e. The van der Waals surface area contributed by atoms with Gasteiger partial charge in [0.15, 0.2) is 0 Å². The molecule has 0 spiro atoms. The van der Waals surface area contributed by atoms with Crippen molar-refractivity contribution in [2.24, 2.45) is 5.73 Å². The fourth-order valence-corrected chi connectivity index (χ4v) is 2.00. The van der Waals surface area contributed by atoms with Crippen molar-refractivity contribution in [3.63, 3.8) is 0 Å². The van der Waals surface area contributed by atoms with E-state index in [-0.39, 0.29) is 6.61 Å². The van der Waals surface area contributed by atoms with E-state index in [1.807, 2.05) is 42.5 Å². The van der Waals surface area contributed by atoms with Crippen LogP contribution < -0.4 is 11.1 Å². The molecule has 0 saturated heterocycles. The van der Waals surface area contributed by atoms with Crippen LogP contribution in [0, 0.1) is 0 Å². The third-order valence-corrected chi connectivity index (χ3v) is 3.02. The number of benzene rings is 2. The lowest BCUT2D eigenvalue weighted by Gasteiger charge is -2.13. The minimum absolute atomic E-state index is 0.194. The topological polar surface area (TPSA) is 84.6 Å². The number of carbonyl (C=O) groups excluding carboxylic acids is 1. The summed E-state index contributed by atoms with van der Waals surface area (Å²) in [5.74, 6) is 0. The number of hydrogen-bond acceptors (Lipinski definition) is 4. The van der Waals surface area contributed by atoms with Gasteiger partial charge in [-0.3, -0.25) is 0 Å². The summed E-state index contributed by atoms with van der Waals surface area (Å²) >= 11 is 0. The van der Waals surface area contributed by atoms with Crippen LogP contribution >= 0.6 is 0 Å². The number of primary amides is 1. The molecule has 2 aromatic rings. The zero-order chi connectivity index (χ0) is 14.4. The Morgan fingerprint density at radius 2 is 2.00 bits per heavy atom. The Balaban J connectivity index is 1.87. The van der Waals surface area contributed by atoms with Gasteiger partial charge in [-0.05, 0) is 22.4 Å². The highest BCUT2D eigenvalue weighted by Crippen LogP contribution is 2.19. The summed E-state index contributed by atoms with van der Waals surface area (Å²) in [5, 5.41) is 15.3. The van der Waals surface area contributed by atoms with E-state index >= 15 is 0 Å². The summed E-state index contributed by atoms with van der Waals surface area (Å²) in [7, 11) is 0. The predicted octanol–water partition coefficient (Wildman–Crippen LogP) is 1.56. The molecule has 0 saturated carbocycles.